The molecule has 1 aromatic rings. The predicted molar refractivity (Wildman–Crippen MR) is 48.5 cm³/mol. The van der Waals surface area contributed by atoms with Gasteiger partial charge in [0.25, 0.3) is 0 Å². The zero-order valence-electron chi connectivity index (χ0n) is 7.24. The number of hydrogen-bond donors (Lipinski definition) is 0. The van der Waals surface area contributed by atoms with Gasteiger partial charge in [0.05, 0.1) is 0 Å². The highest BCUT2D eigenvalue weighted by atomic mass is 16.5. The van der Waals surface area contributed by atoms with Gasteiger partial charge in [-0.25, -0.2) is 0 Å². The average Bonchev–Trinajstić information content (AvgIpc) is 2.46. The van der Waals surface area contributed by atoms with E-state index in [-0.39, 0.29) is 6.23 Å². The van der Waals surface area contributed by atoms with Crippen LogP contribution < -0.4 is 0 Å². The van der Waals surface area contributed by atoms with E-state index in [2.05, 4.69) is 30.1 Å². The van der Waals surface area contributed by atoms with Crippen LogP contribution in [0, 0.1) is 6.92 Å². The van der Waals surface area contributed by atoms with Crippen molar-refractivity contribution in [3.63, 3.8) is 0 Å². The van der Waals surface area contributed by atoms with Gasteiger partial charge in [0.15, 0.2) is 6.23 Å². The minimum Gasteiger partial charge on any atom is -0.355 e. The lowest BCUT2D eigenvalue weighted by atomic mass is 10.1. The van der Waals surface area contributed by atoms with Crippen LogP contribution in [0.2, 0.25) is 0 Å². The first kappa shape index (κ1) is 7.50. The SMILES string of the molecule is COC1N=Cc2cc(C)ccc21. The van der Waals surface area contributed by atoms with Gasteiger partial charge in [0, 0.05) is 24.5 Å². The molecule has 1 atom stereocenters. The molecule has 12 heavy (non-hydrogen) atoms. The molecule has 1 aliphatic heterocycles. The summed E-state index contributed by atoms with van der Waals surface area (Å²) < 4.78 is 5.18. The molecule has 0 aromatic heterocycles. The maximum Gasteiger partial charge on any atom is 0.174 e. The van der Waals surface area contributed by atoms with Crippen molar-refractivity contribution in [3.8, 4) is 0 Å². The van der Waals surface area contributed by atoms with Crippen LogP contribution in [0.25, 0.3) is 0 Å². The van der Waals surface area contributed by atoms with Crippen molar-refractivity contribution in [2.75, 3.05) is 7.11 Å². The maximum absolute atomic E-state index is 5.18. The number of fused-ring (bicyclic) bond motifs is 1. The van der Waals surface area contributed by atoms with E-state index in [0.717, 1.165) is 0 Å². The highest BCUT2D eigenvalue weighted by Gasteiger charge is 2.16. The second-order valence-electron chi connectivity index (χ2n) is 3.00. The number of aryl methyl sites for hydroxylation is 1. The van der Waals surface area contributed by atoms with Crippen LogP contribution in [-0.4, -0.2) is 13.3 Å². The summed E-state index contributed by atoms with van der Waals surface area (Å²) in [5.41, 5.74) is 3.61. The lowest BCUT2D eigenvalue weighted by molar-refractivity contribution is 0.114. The zero-order valence-corrected chi connectivity index (χ0v) is 7.24. The Labute approximate surface area is 71.9 Å². The van der Waals surface area contributed by atoms with Gasteiger partial charge in [0.1, 0.15) is 0 Å². The molecule has 2 heteroatoms. The molecule has 62 valence electrons. The van der Waals surface area contributed by atoms with E-state index in [0.29, 0.717) is 0 Å². The largest absolute Gasteiger partial charge is 0.355 e. The van der Waals surface area contributed by atoms with Crippen molar-refractivity contribution in [2.24, 2.45) is 4.99 Å². The molecule has 1 aromatic carbocycles. The highest BCUT2D eigenvalue weighted by Crippen LogP contribution is 2.26. The number of aliphatic imine (C=N–C) groups is 1. The Morgan fingerprint density at radius 3 is 3.00 bits per heavy atom. The smallest absolute Gasteiger partial charge is 0.174 e. The van der Waals surface area contributed by atoms with E-state index in [1.54, 1.807) is 7.11 Å². The molecule has 1 heterocycles. The van der Waals surface area contributed by atoms with Crippen LogP contribution in [0.3, 0.4) is 0 Å². The lowest BCUT2D eigenvalue weighted by Gasteiger charge is -2.06. The van der Waals surface area contributed by atoms with Gasteiger partial charge in [-0.05, 0) is 6.92 Å². The van der Waals surface area contributed by atoms with Gasteiger partial charge < -0.3 is 4.74 Å². The van der Waals surface area contributed by atoms with Crippen LogP contribution in [0.15, 0.2) is 23.2 Å². The molecule has 0 fully saturated rings. The highest BCUT2D eigenvalue weighted by molar-refractivity contribution is 5.85. The second kappa shape index (κ2) is 2.72. The van der Waals surface area contributed by atoms with E-state index in [9.17, 15) is 0 Å². The summed E-state index contributed by atoms with van der Waals surface area (Å²) in [5, 5.41) is 0. The fourth-order valence-corrected chi connectivity index (χ4v) is 1.45. The number of nitrogens with zero attached hydrogens (tertiary/aromatic N) is 1. The first-order valence-corrected chi connectivity index (χ1v) is 3.98. The summed E-state index contributed by atoms with van der Waals surface area (Å²) in [7, 11) is 1.68. The van der Waals surface area contributed by atoms with Gasteiger partial charge in [-0.15, -0.1) is 0 Å². The molecule has 0 spiro atoms. The standard InChI is InChI=1S/C10H11NO/c1-7-3-4-9-8(5-7)6-11-10(9)12-2/h3-6,10H,1-2H3. The third-order valence-corrected chi connectivity index (χ3v) is 2.08. The molecular formula is C10H11NO. The Hall–Kier alpha value is -1.15. The summed E-state index contributed by atoms with van der Waals surface area (Å²) in [4.78, 5) is 4.22. The van der Waals surface area contributed by atoms with E-state index in [1.165, 1.54) is 16.7 Å². The number of benzene rings is 1. The molecule has 2 rings (SSSR count). The van der Waals surface area contributed by atoms with Crippen molar-refractivity contribution in [3.05, 3.63) is 34.9 Å². The lowest BCUT2D eigenvalue weighted by Crippen LogP contribution is -1.94. The number of methoxy groups -OCH3 is 1. The van der Waals surface area contributed by atoms with E-state index in [1.807, 2.05) is 6.21 Å². The van der Waals surface area contributed by atoms with Gasteiger partial charge in [-0.3, -0.25) is 4.99 Å². The third-order valence-electron chi connectivity index (χ3n) is 2.08. The Morgan fingerprint density at radius 2 is 2.25 bits per heavy atom. The summed E-state index contributed by atoms with van der Waals surface area (Å²) in [6.07, 6.45) is 1.79. The van der Waals surface area contributed by atoms with Crippen LogP contribution in [-0.2, 0) is 4.74 Å². The Bertz CT molecular complexity index is 331. The monoisotopic (exact) mass is 161 g/mol. The minimum absolute atomic E-state index is 0.0828. The number of hydrogen-bond acceptors (Lipinski definition) is 2. The van der Waals surface area contributed by atoms with Crippen molar-refractivity contribution < 1.29 is 4.74 Å². The Kier molecular flexibility index (Phi) is 1.70. The van der Waals surface area contributed by atoms with Gasteiger partial charge in [-0.2, -0.15) is 0 Å². The molecule has 0 saturated carbocycles. The summed E-state index contributed by atoms with van der Waals surface area (Å²) >= 11 is 0. The van der Waals surface area contributed by atoms with E-state index < -0.39 is 0 Å². The van der Waals surface area contributed by atoms with Crippen molar-refractivity contribution >= 4 is 6.21 Å². The van der Waals surface area contributed by atoms with Crippen LogP contribution in [0.4, 0.5) is 0 Å². The molecule has 1 unspecified atom stereocenters. The Morgan fingerprint density at radius 1 is 1.42 bits per heavy atom. The predicted octanol–water partition coefficient (Wildman–Crippen LogP) is 2.07. The Balaban J connectivity index is 2.47. The molecule has 0 bridgehead atoms. The van der Waals surface area contributed by atoms with Crippen LogP contribution >= 0.6 is 0 Å². The first-order valence-electron chi connectivity index (χ1n) is 3.98. The first-order chi connectivity index (χ1) is 5.81. The molecular weight excluding hydrogens is 150 g/mol. The van der Waals surface area contributed by atoms with Crippen molar-refractivity contribution in [2.45, 2.75) is 13.2 Å². The minimum atomic E-state index is -0.0828. The van der Waals surface area contributed by atoms with Crippen molar-refractivity contribution in [1.29, 1.82) is 0 Å². The van der Waals surface area contributed by atoms with Gasteiger partial charge in [-0.1, -0.05) is 23.8 Å². The molecule has 0 aliphatic carbocycles. The van der Waals surface area contributed by atoms with Crippen molar-refractivity contribution in [1.82, 2.24) is 0 Å². The summed E-state index contributed by atoms with van der Waals surface area (Å²) in [6, 6.07) is 6.28. The zero-order chi connectivity index (χ0) is 8.55. The second-order valence-corrected chi connectivity index (χ2v) is 3.00. The fourth-order valence-electron chi connectivity index (χ4n) is 1.45. The number of ether oxygens (including phenoxy) is 1. The summed E-state index contributed by atoms with van der Waals surface area (Å²) in [6.45, 7) is 2.08. The summed E-state index contributed by atoms with van der Waals surface area (Å²) in [5.74, 6) is 0. The molecule has 0 N–H and O–H groups in total. The topological polar surface area (TPSA) is 21.6 Å². The van der Waals surface area contributed by atoms with E-state index >= 15 is 0 Å². The van der Waals surface area contributed by atoms with Crippen LogP contribution in [0.1, 0.15) is 22.9 Å². The van der Waals surface area contributed by atoms with Gasteiger partial charge >= 0.3 is 0 Å². The molecule has 0 saturated heterocycles. The molecule has 2 nitrogen and oxygen atoms in total. The van der Waals surface area contributed by atoms with E-state index in [4.69, 9.17) is 4.74 Å². The molecule has 1 aliphatic rings. The molecule has 0 radical (unpaired) electrons. The molecule has 0 amide bonds. The third kappa shape index (κ3) is 1.04. The average molecular weight is 161 g/mol. The normalized spacial score (nSPS) is 19.7. The quantitative estimate of drug-likeness (QED) is 0.618. The number of rotatable bonds is 1. The maximum atomic E-state index is 5.18. The fraction of sp³-hybridized carbons (Fsp3) is 0.300. The van der Waals surface area contributed by atoms with Gasteiger partial charge in [0.2, 0.25) is 0 Å². The van der Waals surface area contributed by atoms with Crippen LogP contribution in [0.5, 0.6) is 0 Å².